The molecule has 0 N–H and O–H groups in total. The monoisotopic (exact) mass is 487 g/mol. The second-order valence-corrected chi connectivity index (χ2v) is 9.82. The fraction of sp³-hybridized carbons (Fsp3) is 0.250. The van der Waals surface area contributed by atoms with E-state index in [1.165, 1.54) is 0 Å². The van der Waals surface area contributed by atoms with Crippen molar-refractivity contribution in [2.45, 2.75) is 32.9 Å². The average Bonchev–Trinajstić information content (AvgIpc) is 3.00. The number of hydrogen-bond donors (Lipinski definition) is 0. The van der Waals surface area contributed by atoms with Crippen molar-refractivity contribution < 1.29 is 14.3 Å². The summed E-state index contributed by atoms with van der Waals surface area (Å²) in [7, 11) is 1.66. The van der Waals surface area contributed by atoms with Crippen LogP contribution in [0, 0.1) is 0 Å². The smallest absolute Gasteiger partial charge is 0.338 e. The summed E-state index contributed by atoms with van der Waals surface area (Å²) in [5, 5.41) is 7.78. The Bertz CT molecular complexity index is 1260. The molecule has 4 rings (SSSR count). The molecule has 0 radical (unpaired) electrons. The zero-order chi connectivity index (χ0) is 25.0. The summed E-state index contributed by atoms with van der Waals surface area (Å²) < 4.78 is 10.8. The van der Waals surface area contributed by atoms with E-state index in [-0.39, 0.29) is 5.97 Å². The number of ether oxygens (including phenoxy) is 2. The third-order valence-electron chi connectivity index (χ3n) is 5.28. The van der Waals surface area contributed by atoms with Gasteiger partial charge in [0, 0.05) is 11.1 Å². The van der Waals surface area contributed by atoms with Gasteiger partial charge in [-0.2, -0.15) is 5.10 Å². The number of nitrogens with zero attached hydrogens (tertiary/aromatic N) is 3. The van der Waals surface area contributed by atoms with Gasteiger partial charge in [0.25, 0.3) is 0 Å². The number of amidine groups is 1. The SMILES string of the molecule is COc1ccc(CN2N=C(c3ccc(C(=O)OC(C)(C)C)cc3)c3ccccc3N=C2SC)cc1. The van der Waals surface area contributed by atoms with Crippen LogP contribution < -0.4 is 4.74 Å². The molecule has 7 heteroatoms. The van der Waals surface area contributed by atoms with Crippen molar-refractivity contribution in [2.75, 3.05) is 13.4 Å². The fourth-order valence-electron chi connectivity index (χ4n) is 3.62. The second-order valence-electron chi connectivity index (χ2n) is 9.05. The van der Waals surface area contributed by atoms with Gasteiger partial charge in [0.1, 0.15) is 17.1 Å². The minimum Gasteiger partial charge on any atom is -0.497 e. The number of hydrazone groups is 1. The summed E-state index contributed by atoms with van der Waals surface area (Å²) in [6.07, 6.45) is 2.00. The molecule has 0 bridgehead atoms. The lowest BCUT2D eigenvalue weighted by Gasteiger charge is -2.20. The summed E-state index contributed by atoms with van der Waals surface area (Å²) in [6.45, 7) is 6.13. The Morgan fingerprint density at radius 1 is 0.971 bits per heavy atom. The van der Waals surface area contributed by atoms with Crippen LogP contribution in [0.1, 0.15) is 47.8 Å². The molecule has 35 heavy (non-hydrogen) atoms. The molecule has 0 unspecified atom stereocenters. The van der Waals surface area contributed by atoms with Crippen molar-refractivity contribution in [3.05, 3.63) is 95.1 Å². The largest absolute Gasteiger partial charge is 0.497 e. The first-order valence-electron chi connectivity index (χ1n) is 11.3. The van der Waals surface area contributed by atoms with Gasteiger partial charge in [0.2, 0.25) is 0 Å². The van der Waals surface area contributed by atoms with E-state index in [0.717, 1.165) is 39.0 Å². The molecule has 1 aliphatic rings. The number of rotatable bonds is 5. The maximum Gasteiger partial charge on any atom is 0.338 e. The molecule has 0 amide bonds. The number of para-hydroxylation sites is 1. The number of benzene rings is 3. The Morgan fingerprint density at radius 2 is 1.66 bits per heavy atom. The number of carbonyl (C=O) groups is 1. The van der Waals surface area contributed by atoms with Crippen molar-refractivity contribution >= 4 is 34.3 Å². The van der Waals surface area contributed by atoms with Gasteiger partial charge in [0.05, 0.1) is 24.9 Å². The van der Waals surface area contributed by atoms with Crippen LogP contribution in [0.5, 0.6) is 5.75 Å². The minimum absolute atomic E-state index is 0.346. The van der Waals surface area contributed by atoms with Gasteiger partial charge in [0.15, 0.2) is 5.17 Å². The normalized spacial score (nSPS) is 13.3. The van der Waals surface area contributed by atoms with Gasteiger partial charge in [-0.25, -0.2) is 14.8 Å². The van der Waals surface area contributed by atoms with E-state index in [4.69, 9.17) is 19.6 Å². The van der Waals surface area contributed by atoms with Crippen LogP contribution in [0.25, 0.3) is 0 Å². The molecule has 0 aromatic heterocycles. The number of hydrogen-bond acceptors (Lipinski definition) is 7. The molecular formula is C28H29N3O3S. The fourth-order valence-corrected chi connectivity index (χ4v) is 4.13. The minimum atomic E-state index is -0.548. The summed E-state index contributed by atoms with van der Waals surface area (Å²) in [4.78, 5) is 17.4. The second kappa shape index (κ2) is 10.4. The molecule has 0 atom stereocenters. The van der Waals surface area contributed by atoms with Crippen LogP contribution in [0.3, 0.4) is 0 Å². The summed E-state index contributed by atoms with van der Waals surface area (Å²) in [5.74, 6) is 0.464. The Morgan fingerprint density at radius 3 is 2.29 bits per heavy atom. The van der Waals surface area contributed by atoms with Crippen LogP contribution >= 0.6 is 11.8 Å². The number of thioether (sulfide) groups is 1. The molecule has 0 saturated carbocycles. The Balaban J connectivity index is 1.72. The van der Waals surface area contributed by atoms with Gasteiger partial charge in [-0.3, -0.25) is 0 Å². The van der Waals surface area contributed by atoms with Crippen molar-refractivity contribution in [3.63, 3.8) is 0 Å². The first kappa shape index (κ1) is 24.5. The van der Waals surface area contributed by atoms with E-state index in [1.807, 2.05) is 92.7 Å². The van der Waals surface area contributed by atoms with Crippen LogP contribution in [0.2, 0.25) is 0 Å². The van der Waals surface area contributed by atoms with E-state index < -0.39 is 5.60 Å². The van der Waals surface area contributed by atoms with Crippen molar-refractivity contribution in [2.24, 2.45) is 10.1 Å². The van der Waals surface area contributed by atoms with E-state index in [2.05, 4.69) is 0 Å². The standard InChI is InChI=1S/C28H29N3O3S/c1-28(2,3)34-26(32)21-14-12-20(13-15-21)25-23-8-6-7-9-24(23)29-27(35-5)31(30-25)18-19-10-16-22(33-4)17-11-19/h6-17H,18H2,1-5H3. The zero-order valence-electron chi connectivity index (χ0n) is 20.6. The van der Waals surface area contributed by atoms with Crippen molar-refractivity contribution in [3.8, 4) is 5.75 Å². The molecule has 180 valence electrons. The topological polar surface area (TPSA) is 63.5 Å². The predicted octanol–water partition coefficient (Wildman–Crippen LogP) is 6.27. The number of esters is 1. The maximum atomic E-state index is 12.5. The Kier molecular flexibility index (Phi) is 7.26. The maximum absolute atomic E-state index is 12.5. The van der Waals surface area contributed by atoms with E-state index in [0.29, 0.717) is 12.1 Å². The van der Waals surface area contributed by atoms with E-state index >= 15 is 0 Å². The summed E-state index contributed by atoms with van der Waals surface area (Å²) in [6, 6.07) is 23.3. The highest BCUT2D eigenvalue weighted by Gasteiger charge is 2.22. The van der Waals surface area contributed by atoms with Gasteiger partial charge < -0.3 is 9.47 Å². The van der Waals surface area contributed by atoms with Gasteiger partial charge in [-0.1, -0.05) is 54.2 Å². The average molecular weight is 488 g/mol. The third-order valence-corrected chi connectivity index (χ3v) is 5.95. The van der Waals surface area contributed by atoms with Crippen molar-refractivity contribution in [1.29, 1.82) is 0 Å². The number of fused-ring (bicyclic) bond motifs is 1. The molecular weight excluding hydrogens is 458 g/mol. The van der Waals surface area contributed by atoms with Crippen molar-refractivity contribution in [1.82, 2.24) is 5.01 Å². The molecule has 0 saturated heterocycles. The molecule has 3 aromatic rings. The summed E-state index contributed by atoms with van der Waals surface area (Å²) >= 11 is 1.55. The highest BCUT2D eigenvalue weighted by atomic mass is 32.2. The summed E-state index contributed by atoms with van der Waals surface area (Å²) in [5.41, 5.74) is 4.50. The Labute approximate surface area is 210 Å². The first-order valence-corrected chi connectivity index (χ1v) is 12.5. The van der Waals surface area contributed by atoms with E-state index in [9.17, 15) is 4.79 Å². The van der Waals surface area contributed by atoms with E-state index in [1.54, 1.807) is 31.0 Å². The molecule has 6 nitrogen and oxygen atoms in total. The molecule has 0 spiro atoms. The van der Waals surface area contributed by atoms with Gasteiger partial charge in [-0.15, -0.1) is 0 Å². The first-order chi connectivity index (χ1) is 16.8. The van der Waals surface area contributed by atoms with Crippen LogP contribution in [0.4, 0.5) is 5.69 Å². The van der Waals surface area contributed by atoms with Gasteiger partial charge in [-0.05, 0) is 62.9 Å². The number of aliphatic imine (C=N–C) groups is 1. The van der Waals surface area contributed by atoms with Crippen LogP contribution in [-0.4, -0.2) is 40.8 Å². The highest BCUT2D eigenvalue weighted by Crippen LogP contribution is 2.29. The lowest BCUT2D eigenvalue weighted by molar-refractivity contribution is 0.00695. The molecule has 0 aliphatic carbocycles. The molecule has 1 aliphatic heterocycles. The zero-order valence-corrected chi connectivity index (χ0v) is 21.4. The Hall–Kier alpha value is -3.58. The number of methoxy groups -OCH3 is 1. The number of carbonyl (C=O) groups excluding carboxylic acids is 1. The molecule has 3 aromatic carbocycles. The molecule has 1 heterocycles. The quantitative estimate of drug-likeness (QED) is 0.397. The third kappa shape index (κ3) is 5.92. The lowest BCUT2D eigenvalue weighted by atomic mass is 9.99. The highest BCUT2D eigenvalue weighted by molar-refractivity contribution is 8.13. The van der Waals surface area contributed by atoms with Crippen LogP contribution in [0.15, 0.2) is 82.9 Å². The van der Waals surface area contributed by atoms with Crippen LogP contribution in [-0.2, 0) is 11.3 Å². The van der Waals surface area contributed by atoms with Gasteiger partial charge >= 0.3 is 5.97 Å². The lowest BCUT2D eigenvalue weighted by Crippen LogP contribution is -2.24. The molecule has 0 fully saturated rings. The predicted molar refractivity (Wildman–Crippen MR) is 143 cm³/mol.